The number of ether oxygens (including phenoxy) is 1. The molecular formula is C22H17N3O5S. The molecular weight excluding hydrogens is 418 g/mol. The van der Waals surface area contributed by atoms with Crippen LogP contribution in [-0.4, -0.2) is 22.6 Å². The number of nitro benzene ring substituents is 1. The second-order valence-electron chi connectivity index (χ2n) is 6.83. The van der Waals surface area contributed by atoms with Gasteiger partial charge in [0.05, 0.1) is 33.9 Å². The molecule has 0 aliphatic carbocycles. The summed E-state index contributed by atoms with van der Waals surface area (Å²) in [7, 11) is 1.30. The van der Waals surface area contributed by atoms with Gasteiger partial charge in [-0.3, -0.25) is 19.5 Å². The number of thiazole rings is 1. The summed E-state index contributed by atoms with van der Waals surface area (Å²) in [6, 6.07) is 14.5. The first-order chi connectivity index (χ1) is 14.9. The van der Waals surface area contributed by atoms with Crippen molar-refractivity contribution in [2.24, 2.45) is 4.99 Å². The van der Waals surface area contributed by atoms with E-state index >= 15 is 0 Å². The third-order valence-corrected chi connectivity index (χ3v) is 5.93. The fourth-order valence-electron chi connectivity index (χ4n) is 3.49. The van der Waals surface area contributed by atoms with E-state index in [1.165, 1.54) is 35.1 Å². The van der Waals surface area contributed by atoms with Crippen molar-refractivity contribution in [3.05, 3.63) is 107 Å². The Bertz CT molecular complexity index is 1390. The molecule has 2 heterocycles. The van der Waals surface area contributed by atoms with Gasteiger partial charge in [-0.25, -0.2) is 9.79 Å². The molecule has 0 amide bonds. The van der Waals surface area contributed by atoms with E-state index in [9.17, 15) is 19.7 Å². The van der Waals surface area contributed by atoms with Gasteiger partial charge in [0.2, 0.25) is 0 Å². The Labute approximate surface area is 180 Å². The number of aromatic nitrogens is 1. The zero-order valence-electron chi connectivity index (χ0n) is 16.6. The number of methoxy groups -OCH3 is 1. The molecule has 3 aromatic rings. The first-order valence-electron chi connectivity index (χ1n) is 9.31. The molecule has 9 heteroatoms. The van der Waals surface area contributed by atoms with Gasteiger partial charge in [-0.1, -0.05) is 41.7 Å². The lowest BCUT2D eigenvalue weighted by Crippen LogP contribution is -2.39. The van der Waals surface area contributed by atoms with Crippen molar-refractivity contribution in [1.29, 1.82) is 0 Å². The molecule has 0 bridgehead atoms. The van der Waals surface area contributed by atoms with Crippen molar-refractivity contribution in [3.63, 3.8) is 0 Å². The molecule has 2 aromatic carbocycles. The number of allylic oxidation sites excluding steroid dienone is 1. The molecule has 31 heavy (non-hydrogen) atoms. The number of carbonyl (C=O) groups excluding carboxylic acids is 1. The molecule has 1 aliphatic heterocycles. The van der Waals surface area contributed by atoms with Crippen molar-refractivity contribution < 1.29 is 14.5 Å². The van der Waals surface area contributed by atoms with Crippen LogP contribution in [0.5, 0.6) is 0 Å². The van der Waals surface area contributed by atoms with Gasteiger partial charge in [-0.15, -0.1) is 0 Å². The maximum absolute atomic E-state index is 13.3. The fraction of sp³-hybridized carbons (Fsp3) is 0.136. The summed E-state index contributed by atoms with van der Waals surface area (Å²) in [6.07, 6.45) is 1.66. The van der Waals surface area contributed by atoms with Crippen LogP contribution in [0.1, 0.15) is 24.1 Å². The van der Waals surface area contributed by atoms with Gasteiger partial charge in [0.15, 0.2) is 4.80 Å². The standard InChI is InChI=1S/C22H17N3O5S/c1-13-18(21(27)30-2)19(15-6-4-3-5-7-15)24-20(26)17(31-22(24)23-13)12-14-8-10-16(11-9-14)25(28)29/h3-12,19H,1-2H3/b17-12+/t19-/m1/s1. The van der Waals surface area contributed by atoms with Crippen LogP contribution in [0, 0.1) is 10.1 Å². The van der Waals surface area contributed by atoms with E-state index in [2.05, 4.69) is 4.99 Å². The van der Waals surface area contributed by atoms with Crippen LogP contribution in [0.3, 0.4) is 0 Å². The van der Waals surface area contributed by atoms with Crippen LogP contribution in [0.25, 0.3) is 6.08 Å². The normalized spacial score (nSPS) is 15.9. The topological polar surface area (TPSA) is 104 Å². The number of nitro groups is 1. The lowest BCUT2D eigenvalue weighted by atomic mass is 9.96. The highest BCUT2D eigenvalue weighted by Gasteiger charge is 2.32. The minimum atomic E-state index is -0.663. The Morgan fingerprint density at radius 2 is 1.87 bits per heavy atom. The number of nitrogens with zero attached hydrogens (tertiary/aromatic N) is 3. The Kier molecular flexibility index (Phi) is 5.35. The number of non-ortho nitro benzene ring substituents is 1. The van der Waals surface area contributed by atoms with Crippen molar-refractivity contribution in [1.82, 2.24) is 4.57 Å². The van der Waals surface area contributed by atoms with E-state index in [1.54, 1.807) is 25.1 Å². The number of benzene rings is 2. The first-order valence-corrected chi connectivity index (χ1v) is 10.1. The van der Waals surface area contributed by atoms with Crippen LogP contribution in [0.4, 0.5) is 5.69 Å². The predicted octanol–water partition coefficient (Wildman–Crippen LogP) is 2.32. The average Bonchev–Trinajstić information content (AvgIpc) is 3.07. The molecule has 8 nitrogen and oxygen atoms in total. The minimum Gasteiger partial charge on any atom is -0.466 e. The van der Waals surface area contributed by atoms with Crippen LogP contribution >= 0.6 is 11.3 Å². The SMILES string of the molecule is COC(=O)C1=C(C)N=c2s/c(=C/c3ccc([N+](=O)[O-])cc3)c(=O)n2[C@@H]1c1ccccc1. The van der Waals surface area contributed by atoms with E-state index in [-0.39, 0.29) is 11.2 Å². The molecule has 156 valence electrons. The zero-order valence-corrected chi connectivity index (χ0v) is 17.5. The van der Waals surface area contributed by atoms with E-state index < -0.39 is 16.9 Å². The van der Waals surface area contributed by atoms with Gasteiger partial charge in [0.25, 0.3) is 11.2 Å². The maximum atomic E-state index is 13.3. The monoisotopic (exact) mass is 435 g/mol. The molecule has 0 spiro atoms. The Hall–Kier alpha value is -3.85. The Morgan fingerprint density at radius 1 is 1.19 bits per heavy atom. The zero-order chi connectivity index (χ0) is 22.1. The lowest BCUT2D eigenvalue weighted by Gasteiger charge is -2.24. The van der Waals surface area contributed by atoms with Crippen LogP contribution in [0.15, 0.2) is 75.7 Å². The molecule has 0 fully saturated rings. The summed E-state index contributed by atoms with van der Waals surface area (Å²) < 4.78 is 6.87. The summed E-state index contributed by atoms with van der Waals surface area (Å²) >= 11 is 1.20. The first kappa shape index (κ1) is 20.4. The highest BCUT2D eigenvalue weighted by atomic mass is 32.1. The van der Waals surface area contributed by atoms with E-state index in [0.29, 0.717) is 26.2 Å². The second kappa shape index (κ2) is 8.11. The van der Waals surface area contributed by atoms with Crippen molar-refractivity contribution in [2.75, 3.05) is 7.11 Å². The molecule has 1 atom stereocenters. The molecule has 0 saturated carbocycles. The van der Waals surface area contributed by atoms with Gasteiger partial charge >= 0.3 is 5.97 Å². The van der Waals surface area contributed by atoms with E-state index in [4.69, 9.17) is 4.74 Å². The predicted molar refractivity (Wildman–Crippen MR) is 115 cm³/mol. The smallest absolute Gasteiger partial charge is 0.338 e. The molecule has 0 radical (unpaired) electrons. The third-order valence-electron chi connectivity index (χ3n) is 4.94. The van der Waals surface area contributed by atoms with E-state index in [0.717, 1.165) is 5.56 Å². The number of esters is 1. The molecule has 4 rings (SSSR count). The number of rotatable bonds is 4. The highest BCUT2D eigenvalue weighted by molar-refractivity contribution is 7.07. The van der Waals surface area contributed by atoms with Crippen LogP contribution in [0.2, 0.25) is 0 Å². The van der Waals surface area contributed by atoms with Gasteiger partial charge < -0.3 is 4.74 Å². The van der Waals surface area contributed by atoms with E-state index in [1.807, 2.05) is 30.3 Å². The van der Waals surface area contributed by atoms with Gasteiger partial charge in [0.1, 0.15) is 0 Å². The Balaban J connectivity index is 1.92. The third kappa shape index (κ3) is 3.71. The summed E-state index contributed by atoms with van der Waals surface area (Å²) in [5.41, 5.74) is 1.88. The highest BCUT2D eigenvalue weighted by Crippen LogP contribution is 2.30. The summed E-state index contributed by atoms with van der Waals surface area (Å²) in [5, 5.41) is 10.9. The molecule has 1 aliphatic rings. The summed E-state index contributed by atoms with van der Waals surface area (Å²) in [6.45, 7) is 1.72. The number of hydrogen-bond acceptors (Lipinski definition) is 7. The summed E-state index contributed by atoms with van der Waals surface area (Å²) in [5.74, 6) is -0.542. The quantitative estimate of drug-likeness (QED) is 0.355. The van der Waals surface area contributed by atoms with Crippen molar-refractivity contribution >= 4 is 29.1 Å². The molecule has 1 aromatic heterocycles. The fourth-order valence-corrected chi connectivity index (χ4v) is 4.53. The molecule has 0 saturated heterocycles. The van der Waals surface area contributed by atoms with Crippen LogP contribution in [-0.2, 0) is 9.53 Å². The van der Waals surface area contributed by atoms with Crippen LogP contribution < -0.4 is 14.9 Å². The van der Waals surface area contributed by atoms with Crippen molar-refractivity contribution in [3.8, 4) is 0 Å². The largest absolute Gasteiger partial charge is 0.466 e. The van der Waals surface area contributed by atoms with Gasteiger partial charge in [0, 0.05) is 12.1 Å². The number of hydrogen-bond donors (Lipinski definition) is 0. The number of carbonyl (C=O) groups is 1. The van der Waals surface area contributed by atoms with Crippen molar-refractivity contribution in [2.45, 2.75) is 13.0 Å². The van der Waals surface area contributed by atoms with Gasteiger partial charge in [-0.2, -0.15) is 0 Å². The molecule has 0 unspecified atom stereocenters. The average molecular weight is 435 g/mol. The number of fused-ring (bicyclic) bond motifs is 1. The lowest BCUT2D eigenvalue weighted by molar-refractivity contribution is -0.384. The maximum Gasteiger partial charge on any atom is 0.338 e. The summed E-state index contributed by atoms with van der Waals surface area (Å²) in [4.78, 5) is 41.2. The molecule has 0 N–H and O–H groups in total. The van der Waals surface area contributed by atoms with Gasteiger partial charge in [-0.05, 0) is 36.3 Å². The second-order valence-corrected chi connectivity index (χ2v) is 7.84. The Morgan fingerprint density at radius 3 is 2.48 bits per heavy atom. The minimum absolute atomic E-state index is 0.0268.